The number of aliphatic hydroxyl groups is 1. The number of amides is 2. The van der Waals surface area contributed by atoms with Gasteiger partial charge in [0.05, 0.1) is 6.61 Å². The molecule has 0 bridgehead atoms. The Morgan fingerprint density at radius 3 is 2.59 bits per heavy atom. The molecule has 4 N–H and O–H groups in total. The number of nitrogens with zero attached hydrogens (tertiary/aromatic N) is 1. The molecule has 1 aliphatic rings. The molecule has 0 aliphatic heterocycles. The Morgan fingerprint density at radius 2 is 2.12 bits per heavy atom. The second-order valence-electron chi connectivity index (χ2n) is 4.19. The maximum atomic E-state index is 11.3. The standard InChI is InChI=1S/C10H19N3O4/c1-13(7-2-3-7)5-4-11-10(17)12-8(6-14)9(15)16/h7-8,14H,2-6H2,1H3,(H,15,16)(H2,11,12,17)/t8-/m1/s1. The molecule has 1 aliphatic carbocycles. The number of carbonyl (C=O) groups excluding carboxylic acids is 1. The number of likely N-dealkylation sites (N-methyl/N-ethyl adjacent to an activating group) is 1. The highest BCUT2D eigenvalue weighted by Gasteiger charge is 2.25. The van der Waals surface area contributed by atoms with Gasteiger partial charge < -0.3 is 25.7 Å². The Balaban J connectivity index is 2.13. The summed E-state index contributed by atoms with van der Waals surface area (Å²) < 4.78 is 0. The first-order valence-corrected chi connectivity index (χ1v) is 5.63. The topological polar surface area (TPSA) is 102 Å². The summed E-state index contributed by atoms with van der Waals surface area (Å²) >= 11 is 0. The van der Waals surface area contributed by atoms with Gasteiger partial charge >= 0.3 is 12.0 Å². The first-order valence-electron chi connectivity index (χ1n) is 5.63. The minimum Gasteiger partial charge on any atom is -0.480 e. The van der Waals surface area contributed by atoms with Gasteiger partial charge in [0.1, 0.15) is 0 Å². The third-order valence-corrected chi connectivity index (χ3v) is 2.71. The summed E-state index contributed by atoms with van der Waals surface area (Å²) in [6, 6.07) is -1.20. The molecular formula is C10H19N3O4. The highest BCUT2D eigenvalue weighted by Crippen LogP contribution is 2.24. The van der Waals surface area contributed by atoms with Gasteiger partial charge in [-0.1, -0.05) is 0 Å². The van der Waals surface area contributed by atoms with Crippen LogP contribution in [0.2, 0.25) is 0 Å². The molecule has 0 aromatic rings. The molecule has 7 heteroatoms. The lowest BCUT2D eigenvalue weighted by Gasteiger charge is -2.17. The van der Waals surface area contributed by atoms with Gasteiger partial charge in [0, 0.05) is 19.1 Å². The first-order chi connectivity index (χ1) is 8.04. The van der Waals surface area contributed by atoms with E-state index in [4.69, 9.17) is 10.2 Å². The van der Waals surface area contributed by atoms with Crippen molar-refractivity contribution in [1.29, 1.82) is 0 Å². The van der Waals surface area contributed by atoms with Gasteiger partial charge in [0.15, 0.2) is 6.04 Å². The number of urea groups is 1. The lowest BCUT2D eigenvalue weighted by atomic mass is 10.3. The molecule has 0 aromatic heterocycles. The fourth-order valence-electron chi connectivity index (χ4n) is 1.44. The predicted molar refractivity (Wildman–Crippen MR) is 60.7 cm³/mol. The summed E-state index contributed by atoms with van der Waals surface area (Å²) in [7, 11) is 1.99. The van der Waals surface area contributed by atoms with Gasteiger partial charge in [-0.25, -0.2) is 9.59 Å². The summed E-state index contributed by atoms with van der Waals surface area (Å²) in [5, 5.41) is 22.0. The van der Waals surface area contributed by atoms with Gasteiger partial charge in [-0.2, -0.15) is 0 Å². The molecule has 1 fully saturated rings. The second-order valence-corrected chi connectivity index (χ2v) is 4.19. The monoisotopic (exact) mass is 245 g/mol. The van der Waals surface area contributed by atoms with Crippen molar-refractivity contribution in [3.05, 3.63) is 0 Å². The van der Waals surface area contributed by atoms with Crippen LogP contribution in [0.5, 0.6) is 0 Å². The van der Waals surface area contributed by atoms with Crippen LogP contribution in [0.25, 0.3) is 0 Å². The van der Waals surface area contributed by atoms with Crippen LogP contribution in [0.3, 0.4) is 0 Å². The van der Waals surface area contributed by atoms with Gasteiger partial charge in [-0.05, 0) is 19.9 Å². The van der Waals surface area contributed by atoms with E-state index in [2.05, 4.69) is 15.5 Å². The van der Waals surface area contributed by atoms with Crippen LogP contribution in [0.4, 0.5) is 4.79 Å². The number of carbonyl (C=O) groups is 2. The van der Waals surface area contributed by atoms with E-state index >= 15 is 0 Å². The number of aliphatic hydroxyl groups excluding tert-OH is 1. The average Bonchev–Trinajstić information content (AvgIpc) is 3.08. The minimum absolute atomic E-state index is 0.455. The van der Waals surface area contributed by atoms with Gasteiger partial charge in [0.2, 0.25) is 0 Å². The number of hydrogen-bond donors (Lipinski definition) is 4. The van der Waals surface area contributed by atoms with Crippen molar-refractivity contribution in [3.63, 3.8) is 0 Å². The van der Waals surface area contributed by atoms with Crippen molar-refractivity contribution in [2.75, 3.05) is 26.7 Å². The molecule has 1 saturated carbocycles. The molecule has 1 atom stereocenters. The van der Waals surface area contributed by atoms with E-state index in [1.807, 2.05) is 7.05 Å². The van der Waals surface area contributed by atoms with Crippen LogP contribution >= 0.6 is 0 Å². The zero-order chi connectivity index (χ0) is 12.8. The third kappa shape index (κ3) is 5.01. The largest absolute Gasteiger partial charge is 0.480 e. The van der Waals surface area contributed by atoms with Crippen molar-refractivity contribution >= 4 is 12.0 Å². The molecule has 0 heterocycles. The minimum atomic E-state index is -1.25. The molecule has 0 unspecified atom stereocenters. The van der Waals surface area contributed by atoms with E-state index in [1.165, 1.54) is 12.8 Å². The van der Waals surface area contributed by atoms with Crippen molar-refractivity contribution < 1.29 is 19.8 Å². The Labute approximate surface area is 99.8 Å². The molecule has 0 saturated heterocycles. The fraction of sp³-hybridized carbons (Fsp3) is 0.800. The fourth-order valence-corrected chi connectivity index (χ4v) is 1.44. The van der Waals surface area contributed by atoms with E-state index in [1.54, 1.807) is 0 Å². The Hall–Kier alpha value is -1.34. The smallest absolute Gasteiger partial charge is 0.328 e. The van der Waals surface area contributed by atoms with E-state index in [9.17, 15) is 9.59 Å². The second kappa shape index (κ2) is 6.41. The highest BCUT2D eigenvalue weighted by molar-refractivity contribution is 5.82. The van der Waals surface area contributed by atoms with Crippen LogP contribution in [0.15, 0.2) is 0 Å². The number of aliphatic carboxylic acids is 1. The van der Waals surface area contributed by atoms with Crippen LogP contribution in [-0.2, 0) is 4.79 Å². The zero-order valence-electron chi connectivity index (χ0n) is 9.85. The molecule has 1 rings (SSSR count). The van der Waals surface area contributed by atoms with Gasteiger partial charge in [0.25, 0.3) is 0 Å². The van der Waals surface area contributed by atoms with Crippen LogP contribution < -0.4 is 10.6 Å². The summed E-state index contributed by atoms with van der Waals surface area (Å²) in [6.45, 7) is 0.566. The maximum absolute atomic E-state index is 11.3. The summed E-state index contributed by atoms with van der Waals surface area (Å²) in [5.74, 6) is -1.25. The van der Waals surface area contributed by atoms with Gasteiger partial charge in [-0.3, -0.25) is 0 Å². The molecule has 17 heavy (non-hydrogen) atoms. The summed E-state index contributed by atoms with van der Waals surface area (Å²) in [5.41, 5.74) is 0. The third-order valence-electron chi connectivity index (χ3n) is 2.71. The van der Waals surface area contributed by atoms with Crippen LogP contribution in [-0.4, -0.2) is 65.9 Å². The molecule has 2 amide bonds. The Kier molecular flexibility index (Phi) is 5.17. The quantitative estimate of drug-likeness (QED) is 0.452. The molecule has 0 aromatic carbocycles. The SMILES string of the molecule is CN(CCNC(=O)N[C@H](CO)C(=O)O)C1CC1. The van der Waals surface area contributed by atoms with E-state index in [0.29, 0.717) is 12.6 Å². The predicted octanol–water partition coefficient (Wildman–Crippen LogP) is -1.17. The molecule has 7 nitrogen and oxygen atoms in total. The molecule has 98 valence electrons. The van der Waals surface area contributed by atoms with Gasteiger partial charge in [-0.15, -0.1) is 0 Å². The van der Waals surface area contributed by atoms with Crippen molar-refractivity contribution in [3.8, 4) is 0 Å². The summed E-state index contributed by atoms with van der Waals surface area (Å²) in [4.78, 5) is 24.0. The number of hydrogen-bond acceptors (Lipinski definition) is 4. The van der Waals surface area contributed by atoms with E-state index < -0.39 is 24.6 Å². The highest BCUT2D eigenvalue weighted by atomic mass is 16.4. The summed E-state index contributed by atoms with van der Waals surface area (Å²) in [6.07, 6.45) is 2.41. The normalized spacial score (nSPS) is 16.6. The zero-order valence-corrected chi connectivity index (χ0v) is 9.85. The number of nitrogens with one attached hydrogen (secondary N) is 2. The van der Waals surface area contributed by atoms with E-state index in [0.717, 1.165) is 6.54 Å². The number of rotatable bonds is 7. The van der Waals surface area contributed by atoms with Crippen molar-refractivity contribution in [2.24, 2.45) is 0 Å². The Morgan fingerprint density at radius 1 is 1.47 bits per heavy atom. The first kappa shape index (κ1) is 13.7. The lowest BCUT2D eigenvalue weighted by molar-refractivity contribution is -0.140. The van der Waals surface area contributed by atoms with Crippen LogP contribution in [0, 0.1) is 0 Å². The molecule has 0 radical (unpaired) electrons. The molecule has 0 spiro atoms. The average molecular weight is 245 g/mol. The van der Waals surface area contributed by atoms with Crippen molar-refractivity contribution in [1.82, 2.24) is 15.5 Å². The maximum Gasteiger partial charge on any atom is 0.328 e. The lowest BCUT2D eigenvalue weighted by Crippen LogP contribution is -2.49. The van der Waals surface area contributed by atoms with Crippen molar-refractivity contribution in [2.45, 2.75) is 24.9 Å². The molecular weight excluding hydrogens is 226 g/mol. The van der Waals surface area contributed by atoms with E-state index in [-0.39, 0.29) is 0 Å². The van der Waals surface area contributed by atoms with Crippen LogP contribution in [0.1, 0.15) is 12.8 Å². The number of carboxylic acid groups (broad SMARTS) is 1. The number of carboxylic acids is 1. The Bertz CT molecular complexity index is 281.